The van der Waals surface area contributed by atoms with Crippen molar-refractivity contribution in [3.8, 4) is 0 Å². The van der Waals surface area contributed by atoms with Crippen molar-refractivity contribution in [1.29, 1.82) is 0 Å². The number of alkyl halides is 1. The number of carbonyl (C=O) groups is 1. The molecule has 0 aliphatic carbocycles. The van der Waals surface area contributed by atoms with Crippen LogP contribution in [0.1, 0.15) is 39.0 Å². The van der Waals surface area contributed by atoms with E-state index in [0.717, 1.165) is 45.4 Å². The molecule has 3 nitrogen and oxygen atoms in total. The topological polar surface area (TPSA) is 38.3 Å². The first-order chi connectivity index (χ1) is 7.66. The quantitative estimate of drug-likeness (QED) is 0.578. The van der Waals surface area contributed by atoms with Gasteiger partial charge in [-0.25, -0.2) is 0 Å². The predicted molar refractivity (Wildman–Crippen MR) is 65.7 cm³/mol. The van der Waals surface area contributed by atoms with Crippen LogP contribution in [0.3, 0.4) is 0 Å². The molecular formula is C12H22ClNO2. The van der Waals surface area contributed by atoms with Gasteiger partial charge in [-0.2, -0.15) is 0 Å². The number of nitrogens with one attached hydrogen (secondary N) is 1. The lowest BCUT2D eigenvalue weighted by Crippen LogP contribution is -2.39. The highest BCUT2D eigenvalue weighted by Crippen LogP contribution is 2.28. The molecule has 0 unspecified atom stereocenters. The highest BCUT2D eigenvalue weighted by molar-refractivity contribution is 6.17. The Hall–Kier alpha value is -0.280. The molecule has 0 atom stereocenters. The molecule has 1 saturated heterocycles. The average molecular weight is 248 g/mol. The van der Waals surface area contributed by atoms with Gasteiger partial charge in [0.05, 0.1) is 0 Å². The maximum absolute atomic E-state index is 11.5. The molecule has 1 aliphatic heterocycles. The third kappa shape index (κ3) is 5.17. The number of halogens is 1. The molecule has 1 N–H and O–H groups in total. The monoisotopic (exact) mass is 247 g/mol. The number of rotatable bonds is 6. The number of carbonyl (C=O) groups excluding carboxylic acids is 1. The van der Waals surface area contributed by atoms with Gasteiger partial charge in [-0.3, -0.25) is 4.79 Å². The number of amides is 1. The first-order valence-electron chi connectivity index (χ1n) is 6.07. The molecule has 1 aliphatic rings. The Balaban J connectivity index is 2.14. The number of ether oxygens (including phenoxy) is 1. The lowest BCUT2D eigenvalue weighted by Gasteiger charge is -2.33. The van der Waals surface area contributed by atoms with Crippen LogP contribution >= 0.6 is 11.6 Å². The van der Waals surface area contributed by atoms with Crippen molar-refractivity contribution in [2.75, 3.05) is 25.6 Å². The van der Waals surface area contributed by atoms with E-state index in [0.29, 0.717) is 12.3 Å². The summed E-state index contributed by atoms with van der Waals surface area (Å²) < 4.78 is 5.32. The van der Waals surface area contributed by atoms with Crippen LogP contribution in [0.4, 0.5) is 0 Å². The minimum atomic E-state index is 0.151. The first kappa shape index (κ1) is 13.8. The molecule has 0 spiro atoms. The van der Waals surface area contributed by atoms with E-state index in [1.165, 1.54) is 0 Å². The third-order valence-electron chi connectivity index (χ3n) is 3.20. The minimum Gasteiger partial charge on any atom is -0.381 e. The van der Waals surface area contributed by atoms with E-state index in [1.807, 2.05) is 0 Å². The van der Waals surface area contributed by atoms with Crippen molar-refractivity contribution >= 4 is 17.5 Å². The summed E-state index contributed by atoms with van der Waals surface area (Å²) in [6, 6.07) is 0. The van der Waals surface area contributed by atoms with Crippen LogP contribution in [-0.4, -0.2) is 31.5 Å². The third-order valence-corrected chi connectivity index (χ3v) is 3.47. The van der Waals surface area contributed by atoms with Gasteiger partial charge in [-0.15, -0.1) is 11.6 Å². The molecule has 94 valence electrons. The van der Waals surface area contributed by atoms with Crippen LogP contribution < -0.4 is 5.32 Å². The molecule has 0 bridgehead atoms. The molecule has 0 aromatic rings. The Morgan fingerprint density at radius 2 is 2.06 bits per heavy atom. The van der Waals surface area contributed by atoms with Gasteiger partial charge in [0.1, 0.15) is 0 Å². The molecule has 1 fully saturated rings. The summed E-state index contributed by atoms with van der Waals surface area (Å²) in [6.07, 6.45) is 4.47. The zero-order valence-electron chi connectivity index (χ0n) is 10.1. The fraction of sp³-hybridized carbons (Fsp3) is 0.917. The van der Waals surface area contributed by atoms with Gasteiger partial charge in [-0.05, 0) is 31.1 Å². The highest BCUT2D eigenvalue weighted by Gasteiger charge is 2.27. The van der Waals surface area contributed by atoms with Gasteiger partial charge in [0.25, 0.3) is 0 Å². The lowest BCUT2D eigenvalue weighted by molar-refractivity contribution is -0.122. The standard InChI is InChI=1S/C12H22ClNO2/c1-12(5-8-16-9-6-12)10-14-11(15)4-2-3-7-13/h2-10H2,1H3,(H,14,15). The van der Waals surface area contributed by atoms with Crippen molar-refractivity contribution in [2.45, 2.75) is 39.0 Å². The van der Waals surface area contributed by atoms with Gasteiger partial charge in [0.2, 0.25) is 5.91 Å². The smallest absolute Gasteiger partial charge is 0.220 e. The molecule has 0 saturated carbocycles. The summed E-state index contributed by atoms with van der Waals surface area (Å²) in [5.74, 6) is 0.792. The number of unbranched alkanes of at least 4 members (excludes halogenated alkanes) is 1. The minimum absolute atomic E-state index is 0.151. The van der Waals surface area contributed by atoms with E-state index in [9.17, 15) is 4.79 Å². The summed E-state index contributed by atoms with van der Waals surface area (Å²) in [5.41, 5.74) is 0.223. The Kier molecular flexibility index (Phi) is 6.14. The zero-order chi connectivity index (χ0) is 11.9. The molecule has 0 radical (unpaired) electrons. The summed E-state index contributed by atoms with van der Waals surface area (Å²) in [7, 11) is 0. The van der Waals surface area contributed by atoms with Crippen molar-refractivity contribution < 1.29 is 9.53 Å². The summed E-state index contributed by atoms with van der Waals surface area (Å²) in [4.78, 5) is 11.5. The van der Waals surface area contributed by atoms with Crippen LogP contribution in [0.15, 0.2) is 0 Å². The molecular weight excluding hydrogens is 226 g/mol. The Morgan fingerprint density at radius 3 is 2.69 bits per heavy atom. The molecule has 0 aromatic carbocycles. The van der Waals surface area contributed by atoms with Crippen LogP contribution in [0.25, 0.3) is 0 Å². The van der Waals surface area contributed by atoms with Crippen LogP contribution in [0, 0.1) is 5.41 Å². The van der Waals surface area contributed by atoms with Crippen LogP contribution in [0.2, 0.25) is 0 Å². The molecule has 16 heavy (non-hydrogen) atoms. The number of hydrogen-bond acceptors (Lipinski definition) is 2. The Morgan fingerprint density at radius 1 is 1.38 bits per heavy atom. The maximum Gasteiger partial charge on any atom is 0.220 e. The van der Waals surface area contributed by atoms with E-state index < -0.39 is 0 Å². The molecule has 0 aromatic heterocycles. The fourth-order valence-corrected chi connectivity index (χ4v) is 2.01. The predicted octanol–water partition coefficient (Wildman–Crippen LogP) is 2.33. The van der Waals surface area contributed by atoms with E-state index >= 15 is 0 Å². The fourth-order valence-electron chi connectivity index (χ4n) is 1.82. The number of hydrogen-bond donors (Lipinski definition) is 1. The van der Waals surface area contributed by atoms with E-state index in [4.69, 9.17) is 16.3 Å². The van der Waals surface area contributed by atoms with Crippen LogP contribution in [-0.2, 0) is 9.53 Å². The van der Waals surface area contributed by atoms with Gasteiger partial charge >= 0.3 is 0 Å². The second-order valence-electron chi connectivity index (χ2n) is 4.85. The lowest BCUT2D eigenvalue weighted by atomic mass is 9.82. The summed E-state index contributed by atoms with van der Waals surface area (Å²) in [6.45, 7) is 4.63. The second-order valence-corrected chi connectivity index (χ2v) is 5.22. The summed E-state index contributed by atoms with van der Waals surface area (Å²) in [5, 5.41) is 3.01. The van der Waals surface area contributed by atoms with Gasteiger partial charge in [0, 0.05) is 32.1 Å². The van der Waals surface area contributed by atoms with Crippen molar-refractivity contribution in [1.82, 2.24) is 5.32 Å². The SMILES string of the molecule is CC1(CNC(=O)CCCCCl)CCOCC1. The van der Waals surface area contributed by atoms with Gasteiger partial charge in [-0.1, -0.05) is 6.92 Å². The van der Waals surface area contributed by atoms with Crippen molar-refractivity contribution in [3.63, 3.8) is 0 Å². The van der Waals surface area contributed by atoms with E-state index in [1.54, 1.807) is 0 Å². The van der Waals surface area contributed by atoms with Gasteiger partial charge in [0.15, 0.2) is 0 Å². The zero-order valence-corrected chi connectivity index (χ0v) is 10.8. The molecule has 1 rings (SSSR count). The van der Waals surface area contributed by atoms with E-state index in [2.05, 4.69) is 12.2 Å². The first-order valence-corrected chi connectivity index (χ1v) is 6.60. The van der Waals surface area contributed by atoms with Crippen molar-refractivity contribution in [3.05, 3.63) is 0 Å². The Bertz CT molecular complexity index is 215. The normalized spacial score (nSPS) is 19.4. The average Bonchev–Trinajstić information content (AvgIpc) is 2.28. The molecule has 1 amide bonds. The largest absolute Gasteiger partial charge is 0.381 e. The van der Waals surface area contributed by atoms with Crippen LogP contribution in [0.5, 0.6) is 0 Å². The maximum atomic E-state index is 11.5. The summed E-state index contributed by atoms with van der Waals surface area (Å²) >= 11 is 5.56. The molecule has 4 heteroatoms. The Labute approximate surface area is 103 Å². The van der Waals surface area contributed by atoms with Crippen molar-refractivity contribution in [2.24, 2.45) is 5.41 Å². The van der Waals surface area contributed by atoms with E-state index in [-0.39, 0.29) is 11.3 Å². The second kappa shape index (κ2) is 7.13. The van der Waals surface area contributed by atoms with Gasteiger partial charge < -0.3 is 10.1 Å². The molecule has 1 heterocycles. The highest BCUT2D eigenvalue weighted by atomic mass is 35.5.